The second-order valence-electron chi connectivity index (χ2n) is 9.45. The average Bonchev–Trinajstić information content (AvgIpc) is 3.47. The van der Waals surface area contributed by atoms with Gasteiger partial charge in [-0.25, -0.2) is 4.57 Å². The number of fused-ring (bicyclic) bond motifs is 6. The van der Waals surface area contributed by atoms with Gasteiger partial charge in [0, 0.05) is 19.2 Å². The summed E-state index contributed by atoms with van der Waals surface area (Å²) in [6.07, 6.45) is -0.227. The van der Waals surface area contributed by atoms with Crippen LogP contribution in [0.4, 0.5) is 0 Å². The number of phosphoric ester groups is 1. The van der Waals surface area contributed by atoms with Crippen molar-refractivity contribution in [3.63, 3.8) is 0 Å². The molecule has 13 nitrogen and oxygen atoms in total. The lowest BCUT2D eigenvalue weighted by Crippen LogP contribution is -2.55. The van der Waals surface area contributed by atoms with E-state index in [4.69, 9.17) is 35.3 Å². The smallest absolute Gasteiger partial charge is 0.475 e. The number of carbonyl (C=O) groups excluding carboxylic acids is 1. The zero-order valence-corrected chi connectivity index (χ0v) is 21.6. The molecule has 2 fully saturated rings. The summed E-state index contributed by atoms with van der Waals surface area (Å²) in [5.41, 5.74) is 0.874. The first-order chi connectivity index (χ1) is 17.7. The molecule has 4 N–H and O–H groups in total. The Kier molecular flexibility index (Phi) is 6.30. The molecule has 2 saturated heterocycles. The number of hydrogen-bond donors (Lipinski definition) is 4. The zero-order valence-electron chi connectivity index (χ0n) is 19.9. The van der Waals surface area contributed by atoms with Crippen LogP contribution in [0.1, 0.15) is 28.8 Å². The highest BCUT2D eigenvalue weighted by Crippen LogP contribution is 2.61. The molecule has 4 aliphatic heterocycles. The highest BCUT2D eigenvalue weighted by atomic mass is 32.1. The van der Waals surface area contributed by atoms with Gasteiger partial charge in [-0.05, 0) is 42.8 Å². The first-order valence-corrected chi connectivity index (χ1v) is 13.8. The summed E-state index contributed by atoms with van der Waals surface area (Å²) in [6, 6.07) is 0.805. The molecule has 1 aromatic carbocycles. The molecule has 1 aliphatic carbocycles. The number of benzene rings is 1. The number of phenols is 1. The standard InChI is InChI=1S/C22H27N4O9PS/c1-25-9-26(8-23-22(25)37)4-2-3-5-33-36(30)34-18-13(27)6-12-11-7-14-19(32-10-31-14)17(28)15(11)21(29)24-16(12)20(18)35-36/h6-7,13,16,18,20,27-28H,2-5,8-10H2,1H3,(H,23,37)(H,24,29)/t13-,16+,18+,20-,36?/m0/s1. The molecule has 0 aromatic heterocycles. The molecule has 15 heteroatoms. The summed E-state index contributed by atoms with van der Waals surface area (Å²) in [6.45, 7) is 2.25. The number of aliphatic hydroxyl groups is 1. The van der Waals surface area contributed by atoms with Crippen molar-refractivity contribution in [1.29, 1.82) is 0 Å². The quantitative estimate of drug-likeness (QED) is 0.222. The molecule has 0 spiro atoms. The third-order valence-corrected chi connectivity index (χ3v) is 8.93. The summed E-state index contributed by atoms with van der Waals surface area (Å²) in [5, 5.41) is 28.0. The van der Waals surface area contributed by atoms with Crippen LogP contribution in [-0.2, 0) is 18.1 Å². The minimum absolute atomic E-state index is 0.00710. The maximum atomic E-state index is 13.2. The number of unbranched alkanes of at least 4 members (excludes halogenated alkanes) is 1. The second kappa shape index (κ2) is 9.38. The molecular formula is C22H27N4O9PS. The third kappa shape index (κ3) is 4.36. The largest absolute Gasteiger partial charge is 0.504 e. The van der Waals surface area contributed by atoms with E-state index in [9.17, 15) is 19.6 Å². The van der Waals surface area contributed by atoms with Crippen LogP contribution in [-0.4, -0.2) is 95.7 Å². The number of thiocarbonyl (C=S) groups is 1. The fourth-order valence-electron chi connectivity index (χ4n) is 5.18. The maximum absolute atomic E-state index is 13.2. The van der Waals surface area contributed by atoms with Crippen molar-refractivity contribution in [1.82, 2.24) is 20.4 Å². The van der Waals surface area contributed by atoms with Gasteiger partial charge in [0.25, 0.3) is 5.91 Å². The zero-order chi connectivity index (χ0) is 25.9. The molecule has 37 heavy (non-hydrogen) atoms. The number of nitrogens with zero attached hydrogens (tertiary/aromatic N) is 2. The van der Waals surface area contributed by atoms with Crippen molar-refractivity contribution in [3.05, 3.63) is 23.3 Å². The fourth-order valence-corrected chi connectivity index (χ4v) is 6.91. The summed E-state index contributed by atoms with van der Waals surface area (Å²) in [4.78, 5) is 17.1. The monoisotopic (exact) mass is 554 g/mol. The van der Waals surface area contributed by atoms with Gasteiger partial charge >= 0.3 is 7.82 Å². The van der Waals surface area contributed by atoms with Gasteiger partial charge in [0.15, 0.2) is 16.6 Å². The molecule has 4 heterocycles. The Hall–Kier alpha value is -2.45. The predicted octanol–water partition coefficient (Wildman–Crippen LogP) is 0.717. The lowest BCUT2D eigenvalue weighted by atomic mass is 9.79. The minimum atomic E-state index is -3.98. The van der Waals surface area contributed by atoms with Crippen LogP contribution < -0.4 is 20.1 Å². The molecule has 5 aliphatic rings. The van der Waals surface area contributed by atoms with Crippen molar-refractivity contribution >= 4 is 36.6 Å². The number of hydrogen-bond acceptors (Lipinski definition) is 11. The Morgan fingerprint density at radius 2 is 2.08 bits per heavy atom. The first kappa shape index (κ1) is 24.9. The van der Waals surface area contributed by atoms with E-state index in [0.717, 1.165) is 24.7 Å². The molecule has 1 aromatic rings. The van der Waals surface area contributed by atoms with E-state index in [0.29, 0.717) is 24.2 Å². The molecule has 1 unspecified atom stereocenters. The topological polar surface area (TPSA) is 151 Å². The van der Waals surface area contributed by atoms with Crippen LogP contribution in [0.3, 0.4) is 0 Å². The number of aromatic hydroxyl groups is 1. The van der Waals surface area contributed by atoms with Crippen LogP contribution in [0.25, 0.3) is 5.57 Å². The maximum Gasteiger partial charge on any atom is 0.475 e. The van der Waals surface area contributed by atoms with Gasteiger partial charge in [0.1, 0.15) is 18.3 Å². The average molecular weight is 555 g/mol. The van der Waals surface area contributed by atoms with Crippen LogP contribution in [0, 0.1) is 0 Å². The van der Waals surface area contributed by atoms with E-state index in [1.807, 2.05) is 11.9 Å². The first-order valence-electron chi connectivity index (χ1n) is 11.9. The molecule has 200 valence electrons. The van der Waals surface area contributed by atoms with Gasteiger partial charge in [-0.1, -0.05) is 0 Å². The van der Waals surface area contributed by atoms with Gasteiger partial charge in [-0.3, -0.25) is 23.3 Å². The molecule has 5 atom stereocenters. The lowest BCUT2D eigenvalue weighted by Gasteiger charge is -2.38. The predicted molar refractivity (Wildman–Crippen MR) is 132 cm³/mol. The molecule has 0 bridgehead atoms. The van der Waals surface area contributed by atoms with Crippen molar-refractivity contribution in [2.75, 3.05) is 40.3 Å². The van der Waals surface area contributed by atoms with Crippen molar-refractivity contribution < 1.29 is 42.6 Å². The lowest BCUT2D eigenvalue weighted by molar-refractivity contribution is 0.0292. The molecule has 0 saturated carbocycles. The van der Waals surface area contributed by atoms with E-state index < -0.39 is 38.1 Å². The van der Waals surface area contributed by atoms with Crippen molar-refractivity contribution in [2.45, 2.75) is 37.2 Å². The number of nitrogens with one attached hydrogen (secondary N) is 2. The number of ether oxygens (including phenoxy) is 2. The highest BCUT2D eigenvalue weighted by molar-refractivity contribution is 7.80. The number of aliphatic hydroxyl groups excluding tert-OH is 1. The minimum Gasteiger partial charge on any atom is -0.504 e. The number of rotatable bonds is 6. The van der Waals surface area contributed by atoms with Gasteiger partial charge in [-0.15, -0.1) is 0 Å². The van der Waals surface area contributed by atoms with Crippen LogP contribution in [0.5, 0.6) is 17.2 Å². The van der Waals surface area contributed by atoms with E-state index >= 15 is 0 Å². The summed E-state index contributed by atoms with van der Waals surface area (Å²) >= 11 is 5.19. The van der Waals surface area contributed by atoms with E-state index in [-0.39, 0.29) is 36.2 Å². The molecule has 1 amide bonds. The number of phenolic OH excluding ortho intramolecular Hbond substituents is 1. The Morgan fingerprint density at radius 1 is 1.27 bits per heavy atom. The molecule has 0 radical (unpaired) electrons. The highest BCUT2D eigenvalue weighted by Gasteiger charge is 2.56. The number of phosphoric acid groups is 1. The van der Waals surface area contributed by atoms with Gasteiger partial charge in [-0.2, -0.15) is 0 Å². The third-order valence-electron chi connectivity index (χ3n) is 6.97. The Labute approximate surface area is 217 Å². The molecular weight excluding hydrogens is 527 g/mol. The Bertz CT molecular complexity index is 1230. The van der Waals surface area contributed by atoms with Crippen molar-refractivity contribution in [3.8, 4) is 17.2 Å². The van der Waals surface area contributed by atoms with Crippen LogP contribution in [0.2, 0.25) is 0 Å². The van der Waals surface area contributed by atoms with Gasteiger partial charge < -0.3 is 35.2 Å². The van der Waals surface area contributed by atoms with E-state index in [2.05, 4.69) is 15.5 Å². The van der Waals surface area contributed by atoms with Gasteiger partial charge in [0.05, 0.1) is 31.5 Å². The summed E-state index contributed by atoms with van der Waals surface area (Å²) in [7, 11) is -2.06. The van der Waals surface area contributed by atoms with E-state index in [1.165, 1.54) is 6.08 Å². The molecule has 6 rings (SSSR count). The number of carbonyl (C=O) groups is 1. The van der Waals surface area contributed by atoms with Crippen molar-refractivity contribution in [2.24, 2.45) is 0 Å². The SMILES string of the molecule is CN1CN(CCCCOP2(=O)O[C@@H]3[C@H](O2)[C@@H](O)C=C2c4cc5c(c(O)c4C(=O)N[C@H]23)OCO5)CNC1=S. The Morgan fingerprint density at radius 3 is 2.89 bits per heavy atom. The van der Waals surface area contributed by atoms with E-state index in [1.54, 1.807) is 6.07 Å². The normalized spacial score (nSPS) is 32.3. The summed E-state index contributed by atoms with van der Waals surface area (Å²) in [5.74, 6) is -0.527. The fraction of sp³-hybridized carbons (Fsp3) is 0.545. The Balaban J connectivity index is 1.11. The van der Waals surface area contributed by atoms with Gasteiger partial charge in [0.2, 0.25) is 12.5 Å². The van der Waals surface area contributed by atoms with Crippen LogP contribution >= 0.6 is 20.0 Å². The van der Waals surface area contributed by atoms with Crippen LogP contribution in [0.15, 0.2) is 12.1 Å². The second-order valence-corrected chi connectivity index (χ2v) is 11.4. The summed E-state index contributed by atoms with van der Waals surface area (Å²) < 4.78 is 40.8. The number of amides is 1.